The summed E-state index contributed by atoms with van der Waals surface area (Å²) in [6.07, 6.45) is 0.424. The van der Waals surface area contributed by atoms with Crippen molar-refractivity contribution in [1.82, 2.24) is 10.0 Å². The molecular weight excluding hydrogens is 568 g/mol. The number of nitrogens with one attached hydrogen (secondary N) is 2. The van der Waals surface area contributed by atoms with Crippen LogP contribution in [0, 0.1) is 0 Å². The summed E-state index contributed by atoms with van der Waals surface area (Å²) in [5.41, 5.74) is 2.13. The van der Waals surface area contributed by atoms with E-state index in [2.05, 4.69) is 10.0 Å². The third kappa shape index (κ3) is 8.91. The van der Waals surface area contributed by atoms with Crippen molar-refractivity contribution in [2.24, 2.45) is 0 Å². The van der Waals surface area contributed by atoms with Gasteiger partial charge < -0.3 is 19.5 Å². The highest BCUT2D eigenvalue weighted by molar-refractivity contribution is 7.89. The Morgan fingerprint density at radius 3 is 1.91 bits per heavy atom. The van der Waals surface area contributed by atoms with E-state index in [0.29, 0.717) is 17.7 Å². The number of esters is 1. The molecule has 0 unspecified atom stereocenters. The number of hydrogen-bond acceptors (Lipinski definition) is 7. The molecule has 0 fully saturated rings. The average molecular weight is 603 g/mol. The molecule has 0 radical (unpaired) electrons. The molecule has 0 aromatic heterocycles. The van der Waals surface area contributed by atoms with Crippen molar-refractivity contribution >= 4 is 21.9 Å². The van der Waals surface area contributed by atoms with Crippen molar-refractivity contribution in [1.29, 1.82) is 0 Å². The van der Waals surface area contributed by atoms with E-state index in [1.54, 1.807) is 54.6 Å². The van der Waals surface area contributed by atoms with E-state index in [4.69, 9.17) is 14.2 Å². The van der Waals surface area contributed by atoms with Gasteiger partial charge in [0.15, 0.2) is 0 Å². The van der Waals surface area contributed by atoms with Gasteiger partial charge in [-0.25, -0.2) is 8.42 Å². The monoisotopic (exact) mass is 602 g/mol. The lowest BCUT2D eigenvalue weighted by molar-refractivity contribution is -0.146. The fourth-order valence-corrected chi connectivity index (χ4v) is 5.83. The Hall–Kier alpha value is -4.67. The number of carbonyl (C=O) groups is 2. The van der Waals surface area contributed by atoms with Crippen LogP contribution in [0.3, 0.4) is 0 Å². The van der Waals surface area contributed by atoms with Gasteiger partial charge in [0.2, 0.25) is 10.0 Å². The Bertz CT molecular complexity index is 1600. The first-order valence-corrected chi connectivity index (χ1v) is 15.1. The Balaban J connectivity index is 1.56. The summed E-state index contributed by atoms with van der Waals surface area (Å²) in [6, 6.07) is 29.7. The second-order valence-electron chi connectivity index (χ2n) is 9.74. The molecule has 0 aliphatic carbocycles. The summed E-state index contributed by atoms with van der Waals surface area (Å²) in [4.78, 5) is 26.3. The number of amides is 1. The minimum absolute atomic E-state index is 0.0327. The van der Waals surface area contributed by atoms with E-state index >= 15 is 0 Å². The number of sulfonamides is 1. The second kappa shape index (κ2) is 15.0. The third-order valence-electron chi connectivity index (χ3n) is 6.65. The lowest BCUT2D eigenvalue weighted by Crippen LogP contribution is -2.46. The van der Waals surface area contributed by atoms with Gasteiger partial charge in [-0.05, 0) is 48.2 Å². The van der Waals surface area contributed by atoms with Crippen LogP contribution in [-0.2, 0) is 32.4 Å². The zero-order valence-electron chi connectivity index (χ0n) is 23.9. The summed E-state index contributed by atoms with van der Waals surface area (Å²) in [6.45, 7) is -0.179. The average Bonchev–Trinajstić information content (AvgIpc) is 3.04. The standard InChI is InChI=1S/C33H34N2O7S/c1-40-28-18-19-30(41-2)31(22-28)43(38,39)35-29(21-25-14-8-4-9-15-25)33(37)42-23-27(20-24-12-6-3-7-13-24)34-32(36)26-16-10-5-11-17-26/h3-19,22,27,29,35H,20-21,23H2,1-2H3,(H,34,36)/t27-,29-/m0/s1. The van der Waals surface area contributed by atoms with Crippen molar-refractivity contribution in [2.75, 3.05) is 20.8 Å². The number of hydrogen-bond donors (Lipinski definition) is 2. The molecule has 0 heterocycles. The molecule has 2 atom stereocenters. The molecule has 0 aliphatic heterocycles. The van der Waals surface area contributed by atoms with Crippen molar-refractivity contribution in [3.8, 4) is 11.5 Å². The number of carbonyl (C=O) groups excluding carboxylic acids is 2. The van der Waals surface area contributed by atoms with E-state index in [-0.39, 0.29) is 29.6 Å². The molecule has 9 nitrogen and oxygen atoms in total. The minimum atomic E-state index is -4.27. The highest BCUT2D eigenvalue weighted by atomic mass is 32.2. The maximum atomic E-state index is 13.6. The van der Waals surface area contributed by atoms with Crippen molar-refractivity contribution in [2.45, 2.75) is 29.8 Å². The first-order valence-electron chi connectivity index (χ1n) is 13.6. The van der Waals surface area contributed by atoms with E-state index < -0.39 is 28.1 Å². The molecular formula is C33H34N2O7S. The third-order valence-corrected chi connectivity index (χ3v) is 8.14. The summed E-state index contributed by atoms with van der Waals surface area (Å²) in [5.74, 6) is -0.710. The van der Waals surface area contributed by atoms with Crippen molar-refractivity contribution in [3.63, 3.8) is 0 Å². The minimum Gasteiger partial charge on any atom is -0.497 e. The summed E-state index contributed by atoms with van der Waals surface area (Å²) >= 11 is 0. The maximum absolute atomic E-state index is 13.6. The Morgan fingerprint density at radius 2 is 1.33 bits per heavy atom. The Morgan fingerprint density at radius 1 is 0.744 bits per heavy atom. The smallest absolute Gasteiger partial charge is 0.324 e. The fourth-order valence-electron chi connectivity index (χ4n) is 4.46. The predicted molar refractivity (Wildman–Crippen MR) is 163 cm³/mol. The van der Waals surface area contributed by atoms with E-state index in [0.717, 1.165) is 11.1 Å². The second-order valence-corrected chi connectivity index (χ2v) is 11.4. The van der Waals surface area contributed by atoms with Gasteiger partial charge >= 0.3 is 5.97 Å². The molecule has 4 rings (SSSR count). The van der Waals surface area contributed by atoms with Crippen LogP contribution in [0.25, 0.3) is 0 Å². The Labute approximate surface area is 251 Å². The van der Waals surface area contributed by atoms with Crippen LogP contribution in [0.2, 0.25) is 0 Å². The molecule has 4 aromatic carbocycles. The molecule has 0 spiro atoms. The summed E-state index contributed by atoms with van der Waals surface area (Å²) < 4.78 is 45.8. The number of methoxy groups -OCH3 is 2. The predicted octanol–water partition coefficient (Wildman–Crippen LogP) is 4.18. The molecule has 0 saturated heterocycles. The zero-order valence-corrected chi connectivity index (χ0v) is 24.8. The lowest BCUT2D eigenvalue weighted by Gasteiger charge is -2.22. The van der Waals surface area contributed by atoms with Gasteiger partial charge in [-0.3, -0.25) is 9.59 Å². The van der Waals surface area contributed by atoms with E-state index in [1.807, 2.05) is 42.5 Å². The molecule has 2 N–H and O–H groups in total. The largest absolute Gasteiger partial charge is 0.497 e. The van der Waals surface area contributed by atoms with E-state index in [1.165, 1.54) is 26.4 Å². The zero-order chi connectivity index (χ0) is 30.7. The van der Waals surface area contributed by atoms with Gasteiger partial charge in [-0.15, -0.1) is 0 Å². The summed E-state index contributed by atoms with van der Waals surface area (Å²) in [7, 11) is -1.49. The number of benzene rings is 4. The van der Waals surface area contributed by atoms with Crippen LogP contribution < -0.4 is 19.5 Å². The van der Waals surface area contributed by atoms with Gasteiger partial charge in [0.05, 0.1) is 20.3 Å². The van der Waals surface area contributed by atoms with E-state index in [9.17, 15) is 18.0 Å². The van der Waals surface area contributed by atoms with Crippen LogP contribution in [0.4, 0.5) is 0 Å². The molecule has 0 bridgehead atoms. The van der Waals surface area contributed by atoms with Crippen LogP contribution in [0.15, 0.2) is 114 Å². The first-order chi connectivity index (χ1) is 20.8. The fraction of sp³-hybridized carbons (Fsp3) is 0.212. The van der Waals surface area contributed by atoms with Crippen molar-refractivity contribution < 1.29 is 32.2 Å². The Kier molecular flexibility index (Phi) is 10.9. The highest BCUT2D eigenvalue weighted by Crippen LogP contribution is 2.28. The lowest BCUT2D eigenvalue weighted by atomic mass is 10.1. The quantitative estimate of drug-likeness (QED) is 0.208. The van der Waals surface area contributed by atoms with Gasteiger partial charge in [0.1, 0.15) is 29.0 Å². The molecule has 0 aliphatic rings. The molecule has 4 aromatic rings. The topological polar surface area (TPSA) is 120 Å². The number of rotatable bonds is 14. The van der Waals surface area contributed by atoms with Crippen LogP contribution in [0.5, 0.6) is 11.5 Å². The highest BCUT2D eigenvalue weighted by Gasteiger charge is 2.30. The first kappa shape index (κ1) is 31.3. The molecule has 0 saturated carbocycles. The van der Waals surface area contributed by atoms with Crippen LogP contribution in [0.1, 0.15) is 21.5 Å². The van der Waals surface area contributed by atoms with Crippen LogP contribution in [-0.4, -0.2) is 53.2 Å². The number of ether oxygens (including phenoxy) is 3. The van der Waals surface area contributed by atoms with Gasteiger partial charge in [-0.2, -0.15) is 4.72 Å². The molecule has 224 valence electrons. The van der Waals surface area contributed by atoms with Gasteiger partial charge in [-0.1, -0.05) is 78.9 Å². The van der Waals surface area contributed by atoms with Crippen LogP contribution >= 0.6 is 0 Å². The molecule has 10 heteroatoms. The maximum Gasteiger partial charge on any atom is 0.324 e. The van der Waals surface area contributed by atoms with Crippen molar-refractivity contribution in [3.05, 3.63) is 126 Å². The van der Waals surface area contributed by atoms with Gasteiger partial charge in [0, 0.05) is 11.6 Å². The normalized spacial score (nSPS) is 12.5. The molecule has 43 heavy (non-hydrogen) atoms. The van der Waals surface area contributed by atoms with Gasteiger partial charge in [0.25, 0.3) is 5.91 Å². The molecule has 1 amide bonds. The SMILES string of the molecule is COc1ccc(OC)c(S(=O)(=O)N[C@@H](Cc2ccccc2)C(=O)OC[C@H](Cc2ccccc2)NC(=O)c2ccccc2)c1. The summed E-state index contributed by atoms with van der Waals surface area (Å²) in [5, 5.41) is 2.94.